The van der Waals surface area contributed by atoms with Crippen molar-refractivity contribution in [3.05, 3.63) is 17.5 Å². The summed E-state index contributed by atoms with van der Waals surface area (Å²) in [7, 11) is 0. The lowest BCUT2D eigenvalue weighted by Crippen LogP contribution is -1.98. The summed E-state index contributed by atoms with van der Waals surface area (Å²) in [6.45, 7) is 1.89. The van der Waals surface area contributed by atoms with Crippen LogP contribution >= 0.6 is 0 Å². The molecule has 0 fully saturated rings. The molecule has 4 heteroatoms. The minimum atomic E-state index is -2.31. The Morgan fingerprint density at radius 1 is 1.64 bits per heavy atom. The van der Waals surface area contributed by atoms with Gasteiger partial charge in [-0.2, -0.15) is 5.10 Å². The molecule has 61 valence electrons. The number of aromatic nitrogens is 2. The van der Waals surface area contributed by atoms with Gasteiger partial charge in [0.15, 0.2) is 0 Å². The summed E-state index contributed by atoms with van der Waals surface area (Å²) >= 11 is 0. The SMILES string of the molecule is CCc1[nH]n[c]c1CC(F)F. The molecule has 1 N–H and O–H groups in total. The summed E-state index contributed by atoms with van der Waals surface area (Å²) in [4.78, 5) is 0. The zero-order chi connectivity index (χ0) is 8.27. The number of hydrogen-bond acceptors (Lipinski definition) is 1. The number of aromatic amines is 1. The van der Waals surface area contributed by atoms with E-state index in [1.165, 1.54) is 0 Å². The summed E-state index contributed by atoms with van der Waals surface area (Å²) < 4.78 is 23.7. The van der Waals surface area contributed by atoms with Crippen LogP contribution in [0.25, 0.3) is 0 Å². The fourth-order valence-corrected chi connectivity index (χ4v) is 0.913. The average molecular weight is 159 g/mol. The average Bonchev–Trinajstić information content (AvgIpc) is 2.34. The van der Waals surface area contributed by atoms with E-state index in [0.29, 0.717) is 12.0 Å². The fraction of sp³-hybridized carbons (Fsp3) is 0.571. The standard InChI is InChI=1S/C7H9F2N2/c1-2-6-5(3-7(8)9)4-10-11-6/h7H,2-3H2,1H3,(H,10,11). The van der Waals surface area contributed by atoms with Crippen LogP contribution in [-0.4, -0.2) is 16.6 Å². The van der Waals surface area contributed by atoms with E-state index in [-0.39, 0.29) is 6.42 Å². The molecular weight excluding hydrogens is 150 g/mol. The first-order chi connectivity index (χ1) is 5.24. The lowest BCUT2D eigenvalue weighted by Gasteiger charge is -1.97. The van der Waals surface area contributed by atoms with Crippen LogP contribution in [0.2, 0.25) is 0 Å². The lowest BCUT2D eigenvalue weighted by molar-refractivity contribution is 0.148. The van der Waals surface area contributed by atoms with E-state index < -0.39 is 6.43 Å². The van der Waals surface area contributed by atoms with Crippen LogP contribution in [0.1, 0.15) is 18.2 Å². The molecule has 1 heterocycles. The maximum Gasteiger partial charge on any atom is 0.242 e. The number of alkyl halides is 2. The van der Waals surface area contributed by atoms with Crippen LogP contribution in [0.5, 0.6) is 0 Å². The van der Waals surface area contributed by atoms with Crippen molar-refractivity contribution in [1.29, 1.82) is 0 Å². The molecule has 1 aromatic heterocycles. The number of nitrogens with zero attached hydrogens (tertiary/aromatic N) is 1. The molecule has 0 saturated heterocycles. The van der Waals surface area contributed by atoms with E-state index in [2.05, 4.69) is 16.4 Å². The van der Waals surface area contributed by atoms with Crippen LogP contribution in [0.15, 0.2) is 0 Å². The van der Waals surface area contributed by atoms with E-state index in [1.54, 1.807) is 0 Å². The predicted molar refractivity (Wildman–Crippen MR) is 36.5 cm³/mol. The van der Waals surface area contributed by atoms with Crippen LogP contribution in [0.4, 0.5) is 8.78 Å². The maximum absolute atomic E-state index is 11.9. The van der Waals surface area contributed by atoms with Crippen molar-refractivity contribution in [2.24, 2.45) is 0 Å². The Balaban J connectivity index is 2.68. The Hall–Kier alpha value is -0.930. The molecule has 0 saturated carbocycles. The second kappa shape index (κ2) is 3.46. The summed E-state index contributed by atoms with van der Waals surface area (Å²) in [5.74, 6) is 0. The number of nitrogens with one attached hydrogen (secondary N) is 1. The van der Waals surface area contributed by atoms with E-state index in [1.807, 2.05) is 6.92 Å². The van der Waals surface area contributed by atoms with Crippen molar-refractivity contribution in [2.75, 3.05) is 0 Å². The largest absolute Gasteiger partial charge is 0.282 e. The zero-order valence-corrected chi connectivity index (χ0v) is 6.19. The van der Waals surface area contributed by atoms with Gasteiger partial charge >= 0.3 is 0 Å². The Bertz CT molecular complexity index is 220. The topological polar surface area (TPSA) is 28.7 Å². The normalized spacial score (nSPS) is 10.9. The van der Waals surface area contributed by atoms with Gasteiger partial charge in [0.25, 0.3) is 0 Å². The molecule has 0 atom stereocenters. The maximum atomic E-state index is 11.9. The van der Waals surface area contributed by atoms with Gasteiger partial charge in [0, 0.05) is 17.7 Å². The molecule has 0 aliphatic carbocycles. The summed E-state index contributed by atoms with van der Waals surface area (Å²) in [6.07, 6.45) is 0.634. The molecule has 0 aromatic carbocycles. The van der Waals surface area contributed by atoms with Crippen molar-refractivity contribution < 1.29 is 8.78 Å². The monoisotopic (exact) mass is 159 g/mol. The van der Waals surface area contributed by atoms with Crippen molar-refractivity contribution in [2.45, 2.75) is 26.2 Å². The molecule has 0 amide bonds. The van der Waals surface area contributed by atoms with Crippen molar-refractivity contribution in [3.63, 3.8) is 0 Å². The number of aryl methyl sites for hydroxylation is 1. The summed E-state index contributed by atoms with van der Waals surface area (Å²) in [6, 6.07) is 0. The zero-order valence-electron chi connectivity index (χ0n) is 6.19. The third kappa shape index (κ3) is 2.00. The van der Waals surface area contributed by atoms with Gasteiger partial charge in [0.2, 0.25) is 6.43 Å². The Labute approximate surface area is 63.6 Å². The molecule has 0 aliphatic rings. The van der Waals surface area contributed by atoms with Crippen LogP contribution in [-0.2, 0) is 12.8 Å². The predicted octanol–water partition coefficient (Wildman–Crippen LogP) is 1.58. The van der Waals surface area contributed by atoms with Crippen LogP contribution < -0.4 is 0 Å². The number of rotatable bonds is 3. The smallest absolute Gasteiger partial charge is 0.242 e. The van der Waals surface area contributed by atoms with E-state index >= 15 is 0 Å². The number of halogens is 2. The molecule has 0 spiro atoms. The highest BCUT2D eigenvalue weighted by Crippen LogP contribution is 2.09. The molecule has 2 nitrogen and oxygen atoms in total. The highest BCUT2D eigenvalue weighted by atomic mass is 19.3. The van der Waals surface area contributed by atoms with E-state index in [0.717, 1.165) is 5.69 Å². The van der Waals surface area contributed by atoms with Crippen molar-refractivity contribution >= 4 is 0 Å². The van der Waals surface area contributed by atoms with Gasteiger partial charge in [-0.15, -0.1) is 0 Å². The third-order valence-corrected chi connectivity index (χ3v) is 1.46. The third-order valence-electron chi connectivity index (χ3n) is 1.46. The van der Waals surface area contributed by atoms with Gasteiger partial charge in [-0.25, -0.2) is 8.78 Å². The van der Waals surface area contributed by atoms with Crippen LogP contribution in [0, 0.1) is 6.20 Å². The highest BCUT2D eigenvalue weighted by molar-refractivity contribution is 5.15. The molecule has 0 aliphatic heterocycles. The highest BCUT2D eigenvalue weighted by Gasteiger charge is 2.09. The van der Waals surface area contributed by atoms with E-state index in [9.17, 15) is 8.78 Å². The molecule has 0 unspecified atom stereocenters. The van der Waals surface area contributed by atoms with Gasteiger partial charge in [-0.3, -0.25) is 5.10 Å². The fourth-order valence-electron chi connectivity index (χ4n) is 0.913. The first-order valence-corrected chi connectivity index (χ1v) is 3.46. The molecule has 1 rings (SSSR count). The lowest BCUT2D eigenvalue weighted by atomic mass is 10.1. The van der Waals surface area contributed by atoms with E-state index in [4.69, 9.17) is 0 Å². The summed E-state index contributed by atoms with van der Waals surface area (Å²) in [5, 5.41) is 6.18. The Morgan fingerprint density at radius 2 is 2.36 bits per heavy atom. The van der Waals surface area contributed by atoms with Crippen LogP contribution in [0.3, 0.4) is 0 Å². The quantitative estimate of drug-likeness (QED) is 0.712. The minimum Gasteiger partial charge on any atom is -0.282 e. The van der Waals surface area contributed by atoms with Crippen molar-refractivity contribution in [3.8, 4) is 0 Å². The summed E-state index contributed by atoms with van der Waals surface area (Å²) in [5.41, 5.74) is 1.26. The molecular formula is C7H9F2N2. The first kappa shape index (κ1) is 8.17. The van der Waals surface area contributed by atoms with Gasteiger partial charge in [-0.1, -0.05) is 6.92 Å². The van der Waals surface area contributed by atoms with Gasteiger partial charge in [0.05, 0.1) is 0 Å². The second-order valence-electron chi connectivity index (χ2n) is 2.24. The Morgan fingerprint density at radius 3 is 2.91 bits per heavy atom. The molecule has 11 heavy (non-hydrogen) atoms. The molecule has 1 radical (unpaired) electrons. The number of hydrogen-bond donors (Lipinski definition) is 1. The van der Waals surface area contributed by atoms with Gasteiger partial charge < -0.3 is 0 Å². The Kier molecular flexibility index (Phi) is 2.57. The van der Waals surface area contributed by atoms with Gasteiger partial charge in [-0.05, 0) is 6.42 Å². The van der Waals surface area contributed by atoms with Crippen molar-refractivity contribution in [1.82, 2.24) is 10.2 Å². The van der Waals surface area contributed by atoms with Gasteiger partial charge in [0.1, 0.15) is 6.20 Å². The molecule has 0 bridgehead atoms. The molecule has 1 aromatic rings. The minimum absolute atomic E-state index is 0.250. The second-order valence-corrected chi connectivity index (χ2v) is 2.24. The number of H-pyrrole nitrogens is 1. The first-order valence-electron chi connectivity index (χ1n) is 3.46.